The van der Waals surface area contributed by atoms with Crippen molar-refractivity contribution in [3.8, 4) is 0 Å². The number of hydrogen-bond acceptors (Lipinski definition) is 5. The van der Waals surface area contributed by atoms with Crippen molar-refractivity contribution in [1.82, 2.24) is 15.6 Å². The molecule has 5 nitrogen and oxygen atoms in total. The summed E-state index contributed by atoms with van der Waals surface area (Å²) in [6.07, 6.45) is 0.536. The average Bonchev–Trinajstić information content (AvgIpc) is 3.33. The van der Waals surface area contributed by atoms with E-state index in [9.17, 15) is 9.18 Å². The Bertz CT molecular complexity index is 1040. The molecule has 2 unspecified atom stereocenters. The lowest BCUT2D eigenvalue weighted by Crippen LogP contribution is -2.44. The monoisotopic (exact) mass is 439 g/mol. The quantitative estimate of drug-likeness (QED) is 0.551. The fourth-order valence-corrected chi connectivity index (χ4v) is 4.66. The SMILES string of the molecule is CCOC1c2ccccc2CC1NC(=O)[C@@H](NCc1csc(C)n1)c1ccc(F)cc1. The number of benzene rings is 2. The zero-order valence-corrected chi connectivity index (χ0v) is 18.4. The first-order chi connectivity index (χ1) is 15.0. The molecule has 1 heterocycles. The van der Waals surface area contributed by atoms with Crippen molar-refractivity contribution < 1.29 is 13.9 Å². The van der Waals surface area contributed by atoms with Crippen LogP contribution in [0, 0.1) is 12.7 Å². The summed E-state index contributed by atoms with van der Waals surface area (Å²) in [6, 6.07) is 13.4. The Morgan fingerprint density at radius 1 is 1.26 bits per heavy atom. The molecule has 162 valence electrons. The molecule has 2 N–H and O–H groups in total. The highest BCUT2D eigenvalue weighted by Gasteiger charge is 2.35. The number of nitrogens with zero attached hydrogens (tertiary/aromatic N) is 1. The minimum atomic E-state index is -0.631. The Hall–Kier alpha value is -2.61. The van der Waals surface area contributed by atoms with E-state index in [4.69, 9.17) is 4.74 Å². The summed E-state index contributed by atoms with van der Waals surface area (Å²) in [5, 5.41) is 9.42. The van der Waals surface area contributed by atoms with Crippen LogP contribution in [0.3, 0.4) is 0 Å². The summed E-state index contributed by atoms with van der Waals surface area (Å²) in [5.41, 5.74) is 3.89. The van der Waals surface area contributed by atoms with Gasteiger partial charge in [-0.05, 0) is 49.1 Å². The molecular formula is C24H26FN3O2S. The van der Waals surface area contributed by atoms with Gasteiger partial charge < -0.3 is 10.1 Å². The molecule has 0 fully saturated rings. The summed E-state index contributed by atoms with van der Waals surface area (Å²) in [7, 11) is 0. The van der Waals surface area contributed by atoms with Gasteiger partial charge in [-0.15, -0.1) is 11.3 Å². The minimum absolute atomic E-state index is 0.156. The molecule has 1 aliphatic rings. The number of rotatable bonds is 8. The summed E-state index contributed by atoms with van der Waals surface area (Å²) in [4.78, 5) is 17.8. The van der Waals surface area contributed by atoms with Gasteiger partial charge in [0.2, 0.25) is 5.91 Å². The van der Waals surface area contributed by atoms with Crippen molar-refractivity contribution in [3.63, 3.8) is 0 Å². The van der Waals surface area contributed by atoms with Gasteiger partial charge >= 0.3 is 0 Å². The van der Waals surface area contributed by atoms with E-state index < -0.39 is 6.04 Å². The van der Waals surface area contributed by atoms with Gasteiger partial charge in [0.1, 0.15) is 18.0 Å². The first-order valence-corrected chi connectivity index (χ1v) is 11.3. The second-order valence-electron chi connectivity index (χ2n) is 7.62. The summed E-state index contributed by atoms with van der Waals surface area (Å²) in [5.74, 6) is -0.498. The van der Waals surface area contributed by atoms with E-state index >= 15 is 0 Å². The summed E-state index contributed by atoms with van der Waals surface area (Å²) >= 11 is 1.57. The van der Waals surface area contributed by atoms with Gasteiger partial charge in [0.05, 0.1) is 16.7 Å². The molecule has 0 spiro atoms. The van der Waals surface area contributed by atoms with Gasteiger partial charge in [-0.3, -0.25) is 10.1 Å². The lowest BCUT2D eigenvalue weighted by atomic mass is 10.0. The molecule has 3 aromatic rings. The molecule has 0 aliphatic heterocycles. The number of amides is 1. The van der Waals surface area contributed by atoms with Gasteiger partial charge in [0.25, 0.3) is 0 Å². The van der Waals surface area contributed by atoms with Crippen LogP contribution in [-0.2, 0) is 22.5 Å². The van der Waals surface area contributed by atoms with Crippen LogP contribution in [0.2, 0.25) is 0 Å². The number of nitrogens with one attached hydrogen (secondary N) is 2. The van der Waals surface area contributed by atoms with Gasteiger partial charge in [0.15, 0.2) is 0 Å². The number of fused-ring (bicyclic) bond motifs is 1. The largest absolute Gasteiger partial charge is 0.372 e. The van der Waals surface area contributed by atoms with Crippen molar-refractivity contribution in [2.45, 2.75) is 45.0 Å². The fraction of sp³-hybridized carbons (Fsp3) is 0.333. The normalized spacial score (nSPS) is 18.5. The molecule has 2 aromatic carbocycles. The molecule has 31 heavy (non-hydrogen) atoms. The maximum atomic E-state index is 13.5. The van der Waals surface area contributed by atoms with E-state index in [-0.39, 0.29) is 23.9 Å². The molecule has 1 amide bonds. The molecule has 7 heteroatoms. The second kappa shape index (κ2) is 9.68. The number of carbonyl (C=O) groups excluding carboxylic acids is 1. The van der Waals surface area contributed by atoms with Crippen LogP contribution in [-0.4, -0.2) is 23.5 Å². The zero-order chi connectivity index (χ0) is 21.8. The van der Waals surface area contributed by atoms with Crippen molar-refractivity contribution >= 4 is 17.2 Å². The number of aromatic nitrogens is 1. The maximum Gasteiger partial charge on any atom is 0.242 e. The number of halogens is 1. The van der Waals surface area contributed by atoms with Crippen LogP contribution in [0.15, 0.2) is 53.9 Å². The average molecular weight is 440 g/mol. The fourth-order valence-electron chi connectivity index (χ4n) is 4.05. The molecule has 1 aliphatic carbocycles. The first kappa shape index (κ1) is 21.6. The van der Waals surface area contributed by atoms with E-state index in [2.05, 4.69) is 27.8 Å². The molecule has 0 saturated heterocycles. The van der Waals surface area contributed by atoms with Gasteiger partial charge in [-0.1, -0.05) is 36.4 Å². The van der Waals surface area contributed by atoms with Crippen LogP contribution in [0.4, 0.5) is 4.39 Å². The first-order valence-electron chi connectivity index (χ1n) is 10.4. The van der Waals surface area contributed by atoms with Crippen LogP contribution < -0.4 is 10.6 Å². The van der Waals surface area contributed by atoms with E-state index in [1.165, 1.54) is 17.7 Å². The molecule has 3 atom stereocenters. The van der Waals surface area contributed by atoms with Crippen molar-refractivity contribution in [2.75, 3.05) is 6.61 Å². The van der Waals surface area contributed by atoms with E-state index in [1.54, 1.807) is 23.5 Å². The Morgan fingerprint density at radius 2 is 2.03 bits per heavy atom. The Labute approximate surface area is 185 Å². The lowest BCUT2D eigenvalue weighted by Gasteiger charge is -2.25. The predicted molar refractivity (Wildman–Crippen MR) is 119 cm³/mol. The number of hydrogen-bond donors (Lipinski definition) is 2. The van der Waals surface area contributed by atoms with Crippen molar-refractivity contribution in [3.05, 3.63) is 87.1 Å². The third-order valence-electron chi connectivity index (χ3n) is 5.46. The number of aryl methyl sites for hydroxylation is 1. The number of thiazole rings is 1. The van der Waals surface area contributed by atoms with Crippen molar-refractivity contribution in [2.24, 2.45) is 0 Å². The van der Waals surface area contributed by atoms with Gasteiger partial charge in [-0.25, -0.2) is 9.37 Å². The highest BCUT2D eigenvalue weighted by Crippen LogP contribution is 2.34. The zero-order valence-electron chi connectivity index (χ0n) is 17.6. The highest BCUT2D eigenvalue weighted by molar-refractivity contribution is 7.09. The van der Waals surface area contributed by atoms with E-state index in [0.717, 1.165) is 16.3 Å². The molecular weight excluding hydrogens is 413 g/mol. The maximum absolute atomic E-state index is 13.5. The molecule has 0 saturated carbocycles. The van der Waals surface area contributed by atoms with E-state index in [0.29, 0.717) is 25.1 Å². The van der Waals surface area contributed by atoms with Crippen molar-refractivity contribution in [1.29, 1.82) is 0 Å². The molecule has 4 rings (SSSR count). The third-order valence-corrected chi connectivity index (χ3v) is 6.28. The topological polar surface area (TPSA) is 63.2 Å². The van der Waals surface area contributed by atoms with E-state index in [1.807, 2.05) is 31.4 Å². The highest BCUT2D eigenvalue weighted by atomic mass is 32.1. The number of carbonyl (C=O) groups is 1. The second-order valence-corrected chi connectivity index (χ2v) is 8.68. The Balaban J connectivity index is 1.53. The standard InChI is InChI=1S/C24H26FN3O2S/c1-3-30-23-20-7-5-4-6-17(20)12-21(23)28-24(29)22(16-8-10-18(25)11-9-16)26-13-19-14-31-15(2)27-19/h4-11,14,21-23,26H,3,12-13H2,1-2H3,(H,28,29)/t21?,22-,23?/m0/s1. The molecule has 0 bridgehead atoms. The van der Waals surface area contributed by atoms with Crippen LogP contribution in [0.5, 0.6) is 0 Å². The molecule has 0 radical (unpaired) electrons. The van der Waals surface area contributed by atoms with Crippen LogP contribution in [0.25, 0.3) is 0 Å². The predicted octanol–water partition coefficient (Wildman–Crippen LogP) is 4.24. The Morgan fingerprint density at radius 3 is 2.74 bits per heavy atom. The summed E-state index contributed by atoms with van der Waals surface area (Å²) < 4.78 is 19.5. The lowest BCUT2D eigenvalue weighted by molar-refractivity contribution is -0.125. The van der Waals surface area contributed by atoms with Crippen LogP contribution >= 0.6 is 11.3 Å². The third kappa shape index (κ3) is 5.01. The number of ether oxygens (including phenoxy) is 1. The van der Waals surface area contributed by atoms with Gasteiger partial charge in [-0.2, -0.15) is 0 Å². The summed E-state index contributed by atoms with van der Waals surface area (Å²) in [6.45, 7) is 4.91. The van der Waals surface area contributed by atoms with Crippen LogP contribution in [0.1, 0.15) is 46.5 Å². The van der Waals surface area contributed by atoms with Gasteiger partial charge in [0, 0.05) is 18.5 Å². The smallest absolute Gasteiger partial charge is 0.242 e. The molecule has 1 aromatic heterocycles. The Kier molecular flexibility index (Phi) is 6.75. The minimum Gasteiger partial charge on any atom is -0.372 e.